The molecule has 1 fully saturated rings. The Morgan fingerprint density at radius 3 is 2.79 bits per heavy atom. The Morgan fingerprint density at radius 1 is 1.32 bits per heavy atom. The average Bonchev–Trinajstić information content (AvgIpc) is 2.87. The monoisotopic (exact) mass is 259 g/mol. The van der Waals surface area contributed by atoms with Crippen LogP contribution in [0.5, 0.6) is 0 Å². The van der Waals surface area contributed by atoms with Crippen LogP contribution in [0, 0.1) is 6.92 Å². The number of piperidine rings is 1. The number of nitrogens with zero attached hydrogens (tertiary/aromatic N) is 5. The third kappa shape index (κ3) is 2.30. The maximum Gasteiger partial charge on any atom is 0.234 e. The van der Waals surface area contributed by atoms with Gasteiger partial charge in [0, 0.05) is 25.5 Å². The van der Waals surface area contributed by atoms with Crippen LogP contribution in [-0.2, 0) is 5.41 Å². The molecule has 100 valence electrons. The Labute approximate surface area is 111 Å². The summed E-state index contributed by atoms with van der Waals surface area (Å²) < 4.78 is 5.36. The van der Waals surface area contributed by atoms with Gasteiger partial charge in [-0.15, -0.1) is 0 Å². The van der Waals surface area contributed by atoms with Gasteiger partial charge in [-0.2, -0.15) is 4.98 Å². The summed E-state index contributed by atoms with van der Waals surface area (Å²) in [5, 5.41) is 3.90. The number of hydrogen-bond donors (Lipinski definition) is 0. The molecule has 0 amide bonds. The van der Waals surface area contributed by atoms with E-state index in [-0.39, 0.29) is 5.41 Å². The molecule has 0 N–H and O–H groups in total. The molecule has 0 saturated carbocycles. The third-order valence-corrected chi connectivity index (χ3v) is 3.58. The van der Waals surface area contributed by atoms with Crippen LogP contribution in [0.3, 0.4) is 0 Å². The van der Waals surface area contributed by atoms with Crippen molar-refractivity contribution in [3.05, 3.63) is 30.2 Å². The normalized spacial score (nSPS) is 23.6. The number of aryl methyl sites for hydroxylation is 1. The molecule has 1 atom stereocenters. The summed E-state index contributed by atoms with van der Waals surface area (Å²) in [6.45, 7) is 5.78. The zero-order chi connectivity index (χ0) is 13.3. The molecule has 0 aromatic carbocycles. The van der Waals surface area contributed by atoms with Gasteiger partial charge in [0.15, 0.2) is 5.82 Å². The highest BCUT2D eigenvalue weighted by atomic mass is 16.5. The highest BCUT2D eigenvalue weighted by Gasteiger charge is 2.38. The quantitative estimate of drug-likeness (QED) is 0.818. The lowest BCUT2D eigenvalue weighted by atomic mass is 9.82. The van der Waals surface area contributed by atoms with Crippen molar-refractivity contribution < 1.29 is 4.52 Å². The van der Waals surface area contributed by atoms with Crippen molar-refractivity contribution in [1.29, 1.82) is 0 Å². The maximum absolute atomic E-state index is 5.36. The zero-order valence-electron chi connectivity index (χ0n) is 11.2. The van der Waals surface area contributed by atoms with Crippen molar-refractivity contribution in [3.8, 4) is 0 Å². The predicted molar refractivity (Wildman–Crippen MR) is 69.9 cm³/mol. The largest absolute Gasteiger partial charge is 0.340 e. The lowest BCUT2D eigenvalue weighted by molar-refractivity contribution is 0.259. The van der Waals surface area contributed by atoms with Gasteiger partial charge in [0.25, 0.3) is 0 Å². The Kier molecular flexibility index (Phi) is 2.93. The van der Waals surface area contributed by atoms with Crippen LogP contribution in [0.15, 0.2) is 23.0 Å². The Morgan fingerprint density at radius 2 is 2.11 bits per heavy atom. The van der Waals surface area contributed by atoms with Gasteiger partial charge in [0.05, 0.1) is 5.41 Å². The van der Waals surface area contributed by atoms with Gasteiger partial charge >= 0.3 is 0 Å². The van der Waals surface area contributed by atoms with Gasteiger partial charge in [-0.3, -0.25) is 0 Å². The summed E-state index contributed by atoms with van der Waals surface area (Å²) in [6.07, 6.45) is 5.64. The molecule has 0 unspecified atom stereocenters. The minimum atomic E-state index is -0.126. The van der Waals surface area contributed by atoms with E-state index < -0.39 is 0 Å². The van der Waals surface area contributed by atoms with Crippen LogP contribution < -0.4 is 4.90 Å². The first-order valence-electron chi connectivity index (χ1n) is 6.50. The highest BCUT2D eigenvalue weighted by Crippen LogP contribution is 2.33. The molecule has 0 aliphatic carbocycles. The van der Waals surface area contributed by atoms with Crippen LogP contribution >= 0.6 is 0 Å². The van der Waals surface area contributed by atoms with Crippen LogP contribution in [0.4, 0.5) is 5.95 Å². The van der Waals surface area contributed by atoms with Gasteiger partial charge in [0.1, 0.15) is 0 Å². The lowest BCUT2D eigenvalue weighted by Gasteiger charge is -2.37. The lowest BCUT2D eigenvalue weighted by Crippen LogP contribution is -2.45. The summed E-state index contributed by atoms with van der Waals surface area (Å²) in [5.41, 5.74) is -0.126. The van der Waals surface area contributed by atoms with Crippen molar-refractivity contribution >= 4 is 5.95 Å². The molecule has 0 spiro atoms. The molecule has 3 rings (SSSR count). The van der Waals surface area contributed by atoms with E-state index in [1.165, 1.54) is 0 Å². The standard InChI is InChI=1S/C13H17N5O/c1-10-16-11(19-17-10)13(2)5-3-8-18(9-13)12-14-6-4-7-15-12/h4,6-7H,3,5,8-9H2,1-2H3/t13-/m1/s1. The summed E-state index contributed by atoms with van der Waals surface area (Å²) in [7, 11) is 0. The number of rotatable bonds is 2. The molecular formula is C13H17N5O. The minimum Gasteiger partial charge on any atom is -0.340 e. The van der Waals surface area contributed by atoms with Crippen molar-refractivity contribution in [1.82, 2.24) is 20.1 Å². The van der Waals surface area contributed by atoms with Crippen LogP contribution in [0.1, 0.15) is 31.5 Å². The fraction of sp³-hybridized carbons (Fsp3) is 0.538. The number of anilines is 1. The molecule has 19 heavy (non-hydrogen) atoms. The van der Waals surface area contributed by atoms with E-state index in [0.717, 1.165) is 31.9 Å². The molecule has 1 aliphatic rings. The number of aromatic nitrogens is 4. The zero-order valence-corrected chi connectivity index (χ0v) is 11.2. The first kappa shape index (κ1) is 12.1. The van der Waals surface area contributed by atoms with E-state index in [1.807, 2.05) is 13.0 Å². The molecule has 2 aromatic heterocycles. The van der Waals surface area contributed by atoms with Gasteiger partial charge in [-0.25, -0.2) is 9.97 Å². The summed E-state index contributed by atoms with van der Waals surface area (Å²) in [5.74, 6) is 2.17. The smallest absolute Gasteiger partial charge is 0.234 e. The molecular weight excluding hydrogens is 242 g/mol. The molecule has 2 aromatic rings. The van der Waals surface area contributed by atoms with Crippen LogP contribution in [0.25, 0.3) is 0 Å². The Balaban J connectivity index is 1.85. The maximum atomic E-state index is 5.36. The summed E-state index contributed by atoms with van der Waals surface area (Å²) in [6, 6.07) is 1.83. The Bertz CT molecular complexity index is 555. The minimum absolute atomic E-state index is 0.126. The SMILES string of the molecule is Cc1noc([C@]2(C)CCCN(c3ncccn3)C2)n1. The third-order valence-electron chi connectivity index (χ3n) is 3.58. The molecule has 3 heterocycles. The van der Waals surface area contributed by atoms with Gasteiger partial charge < -0.3 is 9.42 Å². The molecule has 0 radical (unpaired) electrons. The number of hydrogen-bond acceptors (Lipinski definition) is 6. The molecule has 1 aliphatic heterocycles. The van der Waals surface area contributed by atoms with E-state index in [4.69, 9.17) is 4.52 Å². The molecule has 0 bridgehead atoms. The topological polar surface area (TPSA) is 67.9 Å². The van der Waals surface area contributed by atoms with E-state index in [9.17, 15) is 0 Å². The van der Waals surface area contributed by atoms with Crippen molar-refractivity contribution in [2.24, 2.45) is 0 Å². The van der Waals surface area contributed by atoms with Crippen LogP contribution in [0.2, 0.25) is 0 Å². The highest BCUT2D eigenvalue weighted by molar-refractivity contribution is 5.32. The van der Waals surface area contributed by atoms with E-state index >= 15 is 0 Å². The first-order chi connectivity index (χ1) is 9.17. The fourth-order valence-corrected chi connectivity index (χ4v) is 2.58. The van der Waals surface area contributed by atoms with Gasteiger partial charge in [-0.1, -0.05) is 5.16 Å². The summed E-state index contributed by atoms with van der Waals surface area (Å²) in [4.78, 5) is 15.2. The van der Waals surface area contributed by atoms with E-state index in [0.29, 0.717) is 11.7 Å². The van der Waals surface area contributed by atoms with Crippen LogP contribution in [-0.4, -0.2) is 33.2 Å². The van der Waals surface area contributed by atoms with Crippen molar-refractivity contribution in [2.45, 2.75) is 32.1 Å². The molecule has 6 nitrogen and oxygen atoms in total. The predicted octanol–water partition coefficient (Wildman–Crippen LogP) is 1.73. The van der Waals surface area contributed by atoms with E-state index in [1.54, 1.807) is 12.4 Å². The summed E-state index contributed by atoms with van der Waals surface area (Å²) >= 11 is 0. The molecule has 1 saturated heterocycles. The van der Waals surface area contributed by atoms with E-state index in [2.05, 4.69) is 31.9 Å². The average molecular weight is 259 g/mol. The van der Waals surface area contributed by atoms with Crippen molar-refractivity contribution in [2.75, 3.05) is 18.0 Å². The first-order valence-corrected chi connectivity index (χ1v) is 6.50. The van der Waals surface area contributed by atoms with Gasteiger partial charge in [0.2, 0.25) is 11.8 Å². The second-order valence-electron chi connectivity index (χ2n) is 5.28. The van der Waals surface area contributed by atoms with Gasteiger partial charge in [-0.05, 0) is 32.8 Å². The second-order valence-corrected chi connectivity index (χ2v) is 5.28. The van der Waals surface area contributed by atoms with Crippen molar-refractivity contribution in [3.63, 3.8) is 0 Å². The second kappa shape index (κ2) is 4.60. The Hall–Kier alpha value is -1.98. The molecule has 6 heteroatoms. The fourth-order valence-electron chi connectivity index (χ4n) is 2.58.